The molecule has 0 amide bonds. The number of alkyl halides is 1. The Morgan fingerprint density at radius 1 is 1.41 bits per heavy atom. The highest BCUT2D eigenvalue weighted by molar-refractivity contribution is 6.20. The summed E-state index contributed by atoms with van der Waals surface area (Å²) in [6, 6.07) is 4.04. The smallest absolute Gasteiger partial charge is 0.0570 e. The van der Waals surface area contributed by atoms with Gasteiger partial charge in [-0.25, -0.2) is 0 Å². The van der Waals surface area contributed by atoms with Crippen molar-refractivity contribution in [3.63, 3.8) is 0 Å². The second-order valence-corrected chi connectivity index (χ2v) is 6.38. The first-order valence-corrected chi connectivity index (χ1v) is 6.57. The Morgan fingerprint density at radius 2 is 2.12 bits per heavy atom. The van der Waals surface area contributed by atoms with Gasteiger partial charge < -0.3 is 5.32 Å². The van der Waals surface area contributed by atoms with Crippen LogP contribution in [0.25, 0.3) is 0 Å². The lowest BCUT2D eigenvalue weighted by molar-refractivity contribution is 0.364. The summed E-state index contributed by atoms with van der Waals surface area (Å²) < 4.78 is 0. The van der Waals surface area contributed by atoms with Gasteiger partial charge in [0, 0.05) is 24.7 Å². The van der Waals surface area contributed by atoms with E-state index < -0.39 is 0 Å². The van der Waals surface area contributed by atoms with Gasteiger partial charge in [-0.2, -0.15) is 0 Å². The Hall–Kier alpha value is -0.600. The monoisotopic (exact) mass is 254 g/mol. The van der Waals surface area contributed by atoms with E-state index in [9.17, 15) is 0 Å². The van der Waals surface area contributed by atoms with Gasteiger partial charge in [0.05, 0.1) is 5.69 Å². The predicted octanol–water partition coefficient (Wildman–Crippen LogP) is 3.52. The summed E-state index contributed by atoms with van der Waals surface area (Å²) in [4.78, 5) is 4.34. The van der Waals surface area contributed by atoms with E-state index in [-0.39, 0.29) is 10.8 Å². The number of halogens is 1. The summed E-state index contributed by atoms with van der Waals surface area (Å²) in [6.07, 6.45) is 2.85. The van der Waals surface area contributed by atoms with E-state index in [2.05, 4.69) is 44.1 Å². The van der Waals surface area contributed by atoms with Crippen LogP contribution in [0.5, 0.6) is 0 Å². The number of nitrogens with one attached hydrogen (secondary N) is 1. The fourth-order valence-corrected chi connectivity index (χ4v) is 2.36. The number of pyridine rings is 1. The molecule has 1 unspecified atom stereocenters. The zero-order valence-electron chi connectivity index (χ0n) is 11.3. The first-order chi connectivity index (χ1) is 7.88. The first kappa shape index (κ1) is 14.5. The van der Waals surface area contributed by atoms with E-state index in [0.717, 1.165) is 25.2 Å². The number of aryl methyl sites for hydroxylation is 1. The molecule has 0 aliphatic heterocycles. The molecule has 0 aliphatic rings. The molecule has 1 heterocycles. The Morgan fingerprint density at radius 3 is 2.71 bits per heavy atom. The molecule has 0 bridgehead atoms. The lowest BCUT2D eigenvalue weighted by atomic mass is 9.90. The minimum atomic E-state index is 0.180. The average Bonchev–Trinajstić information content (AvgIpc) is 2.18. The molecule has 1 atom stereocenters. The molecule has 0 fully saturated rings. The molecule has 0 aliphatic carbocycles. The fourth-order valence-electron chi connectivity index (χ4n) is 1.79. The highest BCUT2D eigenvalue weighted by Crippen LogP contribution is 2.23. The van der Waals surface area contributed by atoms with E-state index >= 15 is 0 Å². The van der Waals surface area contributed by atoms with Gasteiger partial charge in [0.25, 0.3) is 0 Å². The van der Waals surface area contributed by atoms with E-state index in [4.69, 9.17) is 11.6 Å². The van der Waals surface area contributed by atoms with Crippen LogP contribution in [0.4, 0.5) is 0 Å². The van der Waals surface area contributed by atoms with Crippen LogP contribution in [0.1, 0.15) is 38.4 Å². The van der Waals surface area contributed by atoms with Gasteiger partial charge in [0.2, 0.25) is 0 Å². The quantitative estimate of drug-likeness (QED) is 0.814. The van der Waals surface area contributed by atoms with Gasteiger partial charge >= 0.3 is 0 Å². The molecule has 0 saturated carbocycles. The number of aromatic nitrogens is 1. The lowest BCUT2D eigenvalue weighted by Gasteiger charge is -2.22. The van der Waals surface area contributed by atoms with Crippen molar-refractivity contribution in [3.05, 3.63) is 29.6 Å². The largest absolute Gasteiger partial charge is 0.310 e. The van der Waals surface area contributed by atoms with Gasteiger partial charge in [-0.1, -0.05) is 26.8 Å². The molecule has 0 radical (unpaired) electrons. The number of hydrogen-bond acceptors (Lipinski definition) is 2. The minimum absolute atomic E-state index is 0.180. The molecule has 0 aromatic carbocycles. The molecule has 1 N–H and O–H groups in total. The summed E-state index contributed by atoms with van der Waals surface area (Å²) in [7, 11) is 0. The summed E-state index contributed by atoms with van der Waals surface area (Å²) in [6.45, 7) is 10.3. The van der Waals surface area contributed by atoms with Crippen molar-refractivity contribution < 1.29 is 0 Å². The Balaban J connectivity index is 2.31. The van der Waals surface area contributed by atoms with Crippen LogP contribution in [0.2, 0.25) is 0 Å². The van der Waals surface area contributed by atoms with Gasteiger partial charge in [0.15, 0.2) is 0 Å². The summed E-state index contributed by atoms with van der Waals surface area (Å²) >= 11 is 6.29. The zero-order valence-corrected chi connectivity index (χ0v) is 12.0. The number of hydrogen-bond donors (Lipinski definition) is 1. The standard InChI is InChI=1S/C14H23ClN2/c1-11-6-5-7-17-13(11)10-16-9-12(15)8-14(2,3)4/h5-7,12,16H,8-10H2,1-4H3. The third kappa shape index (κ3) is 6.04. The third-order valence-electron chi connectivity index (χ3n) is 2.61. The minimum Gasteiger partial charge on any atom is -0.310 e. The van der Waals surface area contributed by atoms with Crippen molar-refractivity contribution in [1.29, 1.82) is 0 Å². The van der Waals surface area contributed by atoms with Crippen LogP contribution in [0.15, 0.2) is 18.3 Å². The highest BCUT2D eigenvalue weighted by atomic mass is 35.5. The second kappa shape index (κ2) is 6.36. The van der Waals surface area contributed by atoms with Crippen LogP contribution in [0.3, 0.4) is 0 Å². The molecule has 96 valence electrons. The van der Waals surface area contributed by atoms with E-state index in [1.54, 1.807) is 0 Å². The normalized spacial score (nSPS) is 13.7. The maximum atomic E-state index is 6.29. The lowest BCUT2D eigenvalue weighted by Crippen LogP contribution is -2.26. The topological polar surface area (TPSA) is 24.9 Å². The SMILES string of the molecule is Cc1cccnc1CNCC(Cl)CC(C)(C)C. The van der Waals surface area contributed by atoms with Crippen molar-refractivity contribution in [2.24, 2.45) is 5.41 Å². The van der Waals surface area contributed by atoms with Gasteiger partial charge in [-0.15, -0.1) is 11.6 Å². The zero-order chi connectivity index (χ0) is 12.9. The van der Waals surface area contributed by atoms with Crippen LogP contribution >= 0.6 is 11.6 Å². The third-order valence-corrected chi connectivity index (χ3v) is 2.92. The van der Waals surface area contributed by atoms with Crippen LogP contribution in [-0.4, -0.2) is 16.9 Å². The molecule has 17 heavy (non-hydrogen) atoms. The van der Waals surface area contributed by atoms with Crippen LogP contribution in [0, 0.1) is 12.3 Å². The molecule has 0 spiro atoms. The van der Waals surface area contributed by atoms with Crippen LogP contribution < -0.4 is 5.32 Å². The van der Waals surface area contributed by atoms with Crippen molar-refractivity contribution in [3.8, 4) is 0 Å². The molecular weight excluding hydrogens is 232 g/mol. The van der Waals surface area contributed by atoms with Gasteiger partial charge in [0.1, 0.15) is 0 Å². The maximum absolute atomic E-state index is 6.29. The molecule has 1 aromatic heterocycles. The van der Waals surface area contributed by atoms with E-state index in [1.807, 2.05) is 12.3 Å². The van der Waals surface area contributed by atoms with Crippen molar-refractivity contribution >= 4 is 11.6 Å². The van der Waals surface area contributed by atoms with E-state index in [0.29, 0.717) is 0 Å². The summed E-state index contributed by atoms with van der Waals surface area (Å²) in [5, 5.41) is 3.55. The van der Waals surface area contributed by atoms with Gasteiger partial charge in [-0.05, 0) is 30.4 Å². The van der Waals surface area contributed by atoms with Crippen molar-refractivity contribution in [1.82, 2.24) is 10.3 Å². The average molecular weight is 255 g/mol. The first-order valence-electron chi connectivity index (χ1n) is 6.14. The van der Waals surface area contributed by atoms with E-state index in [1.165, 1.54) is 5.56 Å². The number of rotatable bonds is 5. The Bertz CT molecular complexity index is 344. The summed E-state index contributed by atoms with van der Waals surface area (Å²) in [5.41, 5.74) is 2.61. The fraction of sp³-hybridized carbons (Fsp3) is 0.643. The molecule has 3 heteroatoms. The predicted molar refractivity (Wildman–Crippen MR) is 74.4 cm³/mol. The maximum Gasteiger partial charge on any atom is 0.0570 e. The van der Waals surface area contributed by atoms with Crippen molar-refractivity contribution in [2.45, 2.75) is 46.0 Å². The van der Waals surface area contributed by atoms with Gasteiger partial charge in [-0.3, -0.25) is 4.98 Å². The molecule has 1 rings (SSSR count). The molecular formula is C14H23ClN2. The molecule has 1 aromatic rings. The number of nitrogens with zero attached hydrogens (tertiary/aromatic N) is 1. The van der Waals surface area contributed by atoms with Crippen molar-refractivity contribution in [2.75, 3.05) is 6.54 Å². The molecule has 2 nitrogen and oxygen atoms in total. The Kier molecular flexibility index (Phi) is 5.41. The molecule has 0 saturated heterocycles. The second-order valence-electron chi connectivity index (χ2n) is 5.76. The van der Waals surface area contributed by atoms with Crippen LogP contribution in [-0.2, 0) is 6.54 Å². The Labute approximate surface area is 110 Å². The summed E-state index contributed by atoms with van der Waals surface area (Å²) in [5.74, 6) is 0. The highest BCUT2D eigenvalue weighted by Gasteiger charge is 2.16.